The number of likely N-dealkylation sites (tertiary alicyclic amines) is 2. The topological polar surface area (TPSA) is 49.9 Å². The number of amides is 1. The summed E-state index contributed by atoms with van der Waals surface area (Å²) in [6, 6.07) is -0.124. The van der Waals surface area contributed by atoms with E-state index in [1.807, 2.05) is 11.8 Å². The summed E-state index contributed by atoms with van der Waals surface area (Å²) in [5.74, 6) is -0.00658. The van der Waals surface area contributed by atoms with Crippen molar-refractivity contribution in [3.63, 3.8) is 0 Å². The van der Waals surface area contributed by atoms with Crippen LogP contribution in [0, 0.1) is 5.92 Å². The van der Waals surface area contributed by atoms with E-state index in [0.717, 1.165) is 45.3 Å². The average molecular weight is 282 g/mol. The molecule has 2 rings (SSSR count). The largest absolute Gasteiger partial charge is 0.469 e. The van der Waals surface area contributed by atoms with Gasteiger partial charge in [0.1, 0.15) is 0 Å². The summed E-state index contributed by atoms with van der Waals surface area (Å²) in [4.78, 5) is 28.3. The highest BCUT2D eigenvalue weighted by molar-refractivity contribution is 5.81. The number of hydrogen-bond donors (Lipinski definition) is 0. The van der Waals surface area contributed by atoms with E-state index >= 15 is 0 Å². The Morgan fingerprint density at radius 2 is 1.80 bits per heavy atom. The molecule has 1 unspecified atom stereocenters. The molecule has 2 aliphatic heterocycles. The molecule has 0 aliphatic carbocycles. The van der Waals surface area contributed by atoms with E-state index in [1.165, 1.54) is 13.5 Å². The maximum absolute atomic E-state index is 12.5. The minimum Gasteiger partial charge on any atom is -0.469 e. The molecule has 1 amide bonds. The van der Waals surface area contributed by atoms with Crippen LogP contribution >= 0.6 is 0 Å². The van der Waals surface area contributed by atoms with Gasteiger partial charge in [0.05, 0.1) is 19.1 Å². The van der Waals surface area contributed by atoms with E-state index in [-0.39, 0.29) is 23.8 Å². The van der Waals surface area contributed by atoms with Gasteiger partial charge in [0.2, 0.25) is 5.91 Å². The van der Waals surface area contributed by atoms with Crippen molar-refractivity contribution in [2.75, 3.05) is 33.3 Å². The maximum atomic E-state index is 12.5. The molecule has 0 aromatic carbocycles. The number of rotatable bonds is 3. The lowest BCUT2D eigenvalue weighted by molar-refractivity contribution is -0.149. The van der Waals surface area contributed by atoms with Crippen LogP contribution in [0.4, 0.5) is 0 Å². The smallest absolute Gasteiger partial charge is 0.309 e. The third-order valence-corrected chi connectivity index (χ3v) is 4.56. The van der Waals surface area contributed by atoms with E-state index in [1.54, 1.807) is 0 Å². The van der Waals surface area contributed by atoms with Gasteiger partial charge in [-0.25, -0.2) is 0 Å². The van der Waals surface area contributed by atoms with Crippen molar-refractivity contribution in [1.82, 2.24) is 9.80 Å². The highest BCUT2D eigenvalue weighted by Gasteiger charge is 2.33. The van der Waals surface area contributed by atoms with Crippen LogP contribution in [0.2, 0.25) is 0 Å². The highest BCUT2D eigenvalue weighted by Crippen LogP contribution is 2.21. The van der Waals surface area contributed by atoms with Crippen LogP contribution in [0.25, 0.3) is 0 Å². The minimum absolute atomic E-state index is 0.0784. The van der Waals surface area contributed by atoms with Crippen LogP contribution in [0.5, 0.6) is 0 Å². The Morgan fingerprint density at radius 3 is 2.45 bits per heavy atom. The fourth-order valence-corrected chi connectivity index (χ4v) is 3.25. The zero-order valence-electron chi connectivity index (χ0n) is 12.6. The molecule has 0 saturated carbocycles. The van der Waals surface area contributed by atoms with Crippen molar-refractivity contribution in [1.29, 1.82) is 0 Å². The molecule has 0 aromatic heterocycles. The summed E-state index contributed by atoms with van der Waals surface area (Å²) in [5, 5.41) is 0. The first kappa shape index (κ1) is 15.3. The number of methoxy groups -OCH3 is 1. The lowest BCUT2D eigenvalue weighted by Crippen LogP contribution is -2.52. The van der Waals surface area contributed by atoms with Crippen LogP contribution in [-0.4, -0.2) is 61.0 Å². The Balaban J connectivity index is 1.92. The van der Waals surface area contributed by atoms with Gasteiger partial charge in [0.25, 0.3) is 0 Å². The van der Waals surface area contributed by atoms with E-state index in [9.17, 15) is 9.59 Å². The van der Waals surface area contributed by atoms with Crippen LogP contribution in [0.15, 0.2) is 0 Å². The van der Waals surface area contributed by atoms with Crippen molar-refractivity contribution in [3.8, 4) is 0 Å². The summed E-state index contributed by atoms with van der Waals surface area (Å²) in [5.41, 5.74) is 0. The van der Waals surface area contributed by atoms with Gasteiger partial charge in [-0.15, -0.1) is 0 Å². The molecule has 5 heteroatoms. The predicted octanol–water partition coefficient (Wildman–Crippen LogP) is 1.27. The summed E-state index contributed by atoms with van der Waals surface area (Å²) in [7, 11) is 1.43. The average Bonchev–Trinajstić information content (AvgIpc) is 2.53. The fourth-order valence-electron chi connectivity index (χ4n) is 3.25. The van der Waals surface area contributed by atoms with Crippen LogP contribution in [0.3, 0.4) is 0 Å². The van der Waals surface area contributed by atoms with E-state index in [4.69, 9.17) is 4.74 Å². The van der Waals surface area contributed by atoms with Crippen molar-refractivity contribution in [2.24, 2.45) is 5.92 Å². The number of piperidine rings is 2. The van der Waals surface area contributed by atoms with Crippen LogP contribution in [-0.2, 0) is 14.3 Å². The summed E-state index contributed by atoms with van der Waals surface area (Å²) < 4.78 is 4.83. The zero-order chi connectivity index (χ0) is 14.5. The van der Waals surface area contributed by atoms with Crippen molar-refractivity contribution in [3.05, 3.63) is 0 Å². The molecular weight excluding hydrogens is 256 g/mol. The number of carbonyl (C=O) groups is 2. The van der Waals surface area contributed by atoms with Gasteiger partial charge in [-0.2, -0.15) is 0 Å². The lowest BCUT2D eigenvalue weighted by Gasteiger charge is -2.38. The maximum Gasteiger partial charge on any atom is 0.309 e. The van der Waals surface area contributed by atoms with Crippen molar-refractivity contribution >= 4 is 11.9 Å². The Bertz CT molecular complexity index is 353. The minimum atomic E-state index is -0.146. The summed E-state index contributed by atoms with van der Waals surface area (Å²) in [6.07, 6.45) is 5.28. The van der Waals surface area contributed by atoms with Gasteiger partial charge in [-0.1, -0.05) is 0 Å². The molecule has 0 aromatic rings. The SMILES string of the molecule is COC(=O)[C@H]1CCCN(C(C)C(=O)N2CCCCC2)C1. The zero-order valence-corrected chi connectivity index (χ0v) is 12.6. The lowest BCUT2D eigenvalue weighted by atomic mass is 9.96. The van der Waals surface area contributed by atoms with E-state index in [2.05, 4.69) is 4.90 Å². The molecule has 2 aliphatic rings. The number of ether oxygens (including phenoxy) is 1. The van der Waals surface area contributed by atoms with Gasteiger partial charge < -0.3 is 9.64 Å². The standard InChI is InChI=1S/C15H26N2O3/c1-12(14(18)16-8-4-3-5-9-16)17-10-6-7-13(11-17)15(19)20-2/h12-13H,3-11H2,1-2H3/t12?,13-/m0/s1. The highest BCUT2D eigenvalue weighted by atomic mass is 16.5. The van der Waals surface area contributed by atoms with E-state index < -0.39 is 0 Å². The Labute approximate surface area is 121 Å². The van der Waals surface area contributed by atoms with Gasteiger partial charge >= 0.3 is 5.97 Å². The Hall–Kier alpha value is -1.10. The Kier molecular flexibility index (Phi) is 5.40. The molecular formula is C15H26N2O3. The molecule has 2 heterocycles. The van der Waals surface area contributed by atoms with Crippen LogP contribution in [0.1, 0.15) is 39.0 Å². The first-order valence-corrected chi connectivity index (χ1v) is 7.74. The molecule has 5 nitrogen and oxygen atoms in total. The van der Waals surface area contributed by atoms with E-state index in [0.29, 0.717) is 6.54 Å². The third kappa shape index (κ3) is 3.51. The second-order valence-corrected chi connectivity index (χ2v) is 5.92. The first-order chi connectivity index (χ1) is 9.63. The molecule has 2 fully saturated rings. The second-order valence-electron chi connectivity index (χ2n) is 5.92. The number of nitrogens with zero attached hydrogens (tertiary/aromatic N) is 2. The van der Waals surface area contributed by atoms with Gasteiger partial charge in [-0.3, -0.25) is 14.5 Å². The van der Waals surface area contributed by atoms with Gasteiger partial charge in [0, 0.05) is 19.6 Å². The number of carbonyl (C=O) groups excluding carboxylic acids is 2. The molecule has 2 saturated heterocycles. The summed E-state index contributed by atoms with van der Waals surface area (Å²) >= 11 is 0. The van der Waals surface area contributed by atoms with Crippen molar-refractivity contribution < 1.29 is 14.3 Å². The first-order valence-electron chi connectivity index (χ1n) is 7.74. The monoisotopic (exact) mass is 282 g/mol. The Morgan fingerprint density at radius 1 is 1.10 bits per heavy atom. The van der Waals surface area contributed by atoms with Crippen LogP contribution < -0.4 is 0 Å². The quantitative estimate of drug-likeness (QED) is 0.732. The molecule has 0 bridgehead atoms. The fraction of sp³-hybridized carbons (Fsp3) is 0.867. The molecule has 0 N–H and O–H groups in total. The molecule has 2 atom stereocenters. The molecule has 0 spiro atoms. The van der Waals surface area contributed by atoms with Gasteiger partial charge in [0.15, 0.2) is 0 Å². The molecule has 114 valence electrons. The van der Waals surface area contributed by atoms with Crippen molar-refractivity contribution in [2.45, 2.75) is 45.1 Å². The number of hydrogen-bond acceptors (Lipinski definition) is 4. The predicted molar refractivity (Wildman–Crippen MR) is 76.2 cm³/mol. The summed E-state index contributed by atoms with van der Waals surface area (Å²) in [6.45, 7) is 5.28. The normalized spacial score (nSPS) is 26.1. The molecule has 20 heavy (non-hydrogen) atoms. The second kappa shape index (κ2) is 7.07. The third-order valence-electron chi connectivity index (χ3n) is 4.56. The molecule has 0 radical (unpaired) electrons. The van der Waals surface area contributed by atoms with Gasteiger partial charge in [-0.05, 0) is 45.6 Å². The number of esters is 1.